The first-order chi connectivity index (χ1) is 9.22. The summed E-state index contributed by atoms with van der Waals surface area (Å²) in [6.45, 7) is 5.33. The molecule has 0 radical (unpaired) electrons. The molecule has 19 heavy (non-hydrogen) atoms. The van der Waals surface area contributed by atoms with E-state index in [9.17, 15) is 0 Å². The zero-order chi connectivity index (χ0) is 13.2. The van der Waals surface area contributed by atoms with Crippen molar-refractivity contribution in [1.82, 2.24) is 5.32 Å². The fraction of sp³-hybridized carbons (Fsp3) is 0.333. The second kappa shape index (κ2) is 5.18. The Hall–Kier alpha value is -1.60. The molecule has 1 nitrogen and oxygen atoms in total. The molecule has 2 aromatic carbocycles. The van der Waals surface area contributed by atoms with Gasteiger partial charge in [-0.3, -0.25) is 0 Å². The number of hydrogen-bond acceptors (Lipinski definition) is 1. The smallest absolute Gasteiger partial charge is 0.0208 e. The molecule has 98 valence electrons. The van der Waals surface area contributed by atoms with E-state index in [1.54, 1.807) is 0 Å². The minimum Gasteiger partial charge on any atom is -0.310 e. The lowest BCUT2D eigenvalue weighted by Gasteiger charge is -2.10. The maximum atomic E-state index is 3.57. The van der Waals surface area contributed by atoms with Crippen LogP contribution in [-0.2, 0) is 6.54 Å². The molecule has 1 aliphatic rings. The van der Waals surface area contributed by atoms with Gasteiger partial charge in [0.15, 0.2) is 0 Å². The molecule has 1 N–H and O–H groups in total. The number of nitrogens with one attached hydrogen (secondary N) is 1. The summed E-state index contributed by atoms with van der Waals surface area (Å²) in [5, 5.41) is 3.57. The fourth-order valence-electron chi connectivity index (χ4n) is 2.44. The lowest BCUT2D eigenvalue weighted by Crippen LogP contribution is -2.15. The Morgan fingerprint density at radius 2 is 1.74 bits per heavy atom. The van der Waals surface area contributed by atoms with Gasteiger partial charge in [-0.05, 0) is 48.9 Å². The fourth-order valence-corrected chi connectivity index (χ4v) is 2.44. The number of rotatable bonds is 4. The molecule has 0 aliphatic heterocycles. The van der Waals surface area contributed by atoms with Crippen LogP contribution in [0.25, 0.3) is 11.1 Å². The average molecular weight is 251 g/mol. The van der Waals surface area contributed by atoms with Gasteiger partial charge in [0.2, 0.25) is 0 Å². The molecule has 0 atom stereocenters. The van der Waals surface area contributed by atoms with Crippen LogP contribution in [0.1, 0.15) is 29.5 Å². The van der Waals surface area contributed by atoms with E-state index in [0.29, 0.717) is 0 Å². The van der Waals surface area contributed by atoms with Gasteiger partial charge in [-0.1, -0.05) is 48.0 Å². The van der Waals surface area contributed by atoms with E-state index in [4.69, 9.17) is 0 Å². The summed E-state index contributed by atoms with van der Waals surface area (Å²) in [7, 11) is 0. The predicted molar refractivity (Wildman–Crippen MR) is 81.2 cm³/mol. The predicted octanol–water partition coefficient (Wildman–Crippen LogP) is 4.22. The van der Waals surface area contributed by atoms with Gasteiger partial charge in [0, 0.05) is 12.6 Å². The Kier molecular flexibility index (Phi) is 3.39. The van der Waals surface area contributed by atoms with Gasteiger partial charge in [0.25, 0.3) is 0 Å². The second-order valence-corrected chi connectivity index (χ2v) is 5.67. The maximum absolute atomic E-state index is 3.57. The van der Waals surface area contributed by atoms with Crippen LogP contribution in [-0.4, -0.2) is 6.04 Å². The number of benzene rings is 2. The molecule has 3 rings (SSSR count). The van der Waals surface area contributed by atoms with Crippen molar-refractivity contribution in [2.45, 2.75) is 39.3 Å². The normalized spacial score (nSPS) is 14.6. The summed E-state index contributed by atoms with van der Waals surface area (Å²) in [6, 6.07) is 16.4. The summed E-state index contributed by atoms with van der Waals surface area (Å²) in [4.78, 5) is 0. The summed E-state index contributed by atoms with van der Waals surface area (Å²) >= 11 is 0. The Balaban J connectivity index is 1.80. The molecule has 1 aliphatic carbocycles. The molecular formula is C18H21N. The van der Waals surface area contributed by atoms with Gasteiger partial charge in [-0.25, -0.2) is 0 Å². The summed E-state index contributed by atoms with van der Waals surface area (Å²) in [5.41, 5.74) is 6.71. The molecule has 0 heterocycles. The molecule has 2 aromatic rings. The first kappa shape index (κ1) is 12.4. The maximum Gasteiger partial charge on any atom is 0.0208 e. The molecule has 1 heteroatoms. The van der Waals surface area contributed by atoms with Gasteiger partial charge in [0.1, 0.15) is 0 Å². The van der Waals surface area contributed by atoms with Crippen molar-refractivity contribution >= 4 is 0 Å². The highest BCUT2D eigenvalue weighted by molar-refractivity contribution is 5.67. The molecule has 0 aromatic heterocycles. The molecule has 0 unspecified atom stereocenters. The molecule has 0 spiro atoms. The van der Waals surface area contributed by atoms with Crippen LogP contribution in [0.2, 0.25) is 0 Å². The topological polar surface area (TPSA) is 12.0 Å². The second-order valence-electron chi connectivity index (χ2n) is 5.67. The van der Waals surface area contributed by atoms with Crippen molar-refractivity contribution in [3.8, 4) is 11.1 Å². The quantitative estimate of drug-likeness (QED) is 0.857. The van der Waals surface area contributed by atoms with Gasteiger partial charge < -0.3 is 5.32 Å². The standard InChI is InChI=1S/C18H21N/c1-13-3-6-16(7-4-13)18-10-5-15(11-14(18)2)12-19-17-8-9-17/h3-7,10-11,17,19H,8-9,12H2,1-2H3. The van der Waals surface area contributed by atoms with Gasteiger partial charge >= 0.3 is 0 Å². The first-order valence-electron chi connectivity index (χ1n) is 7.12. The van der Waals surface area contributed by atoms with E-state index in [1.807, 2.05) is 0 Å². The van der Waals surface area contributed by atoms with Crippen LogP contribution in [0.3, 0.4) is 0 Å². The Labute approximate surface area is 115 Å². The van der Waals surface area contributed by atoms with Crippen LogP contribution < -0.4 is 5.32 Å². The van der Waals surface area contributed by atoms with E-state index in [0.717, 1.165) is 12.6 Å². The van der Waals surface area contributed by atoms with E-state index in [1.165, 1.54) is 40.7 Å². The highest BCUT2D eigenvalue weighted by Gasteiger charge is 2.19. The third-order valence-electron chi connectivity index (χ3n) is 3.83. The van der Waals surface area contributed by atoms with E-state index in [-0.39, 0.29) is 0 Å². The van der Waals surface area contributed by atoms with Crippen molar-refractivity contribution in [2.24, 2.45) is 0 Å². The SMILES string of the molecule is Cc1ccc(-c2ccc(CNC3CC3)cc2C)cc1. The third kappa shape index (κ3) is 3.05. The van der Waals surface area contributed by atoms with Crippen LogP contribution in [0.4, 0.5) is 0 Å². The van der Waals surface area contributed by atoms with Crippen molar-refractivity contribution < 1.29 is 0 Å². The molecule has 1 saturated carbocycles. The lowest BCUT2D eigenvalue weighted by atomic mass is 9.98. The Morgan fingerprint density at radius 1 is 1.00 bits per heavy atom. The van der Waals surface area contributed by atoms with E-state index < -0.39 is 0 Å². The Morgan fingerprint density at radius 3 is 2.37 bits per heavy atom. The zero-order valence-corrected chi connectivity index (χ0v) is 11.7. The van der Waals surface area contributed by atoms with Crippen molar-refractivity contribution in [1.29, 1.82) is 0 Å². The molecule has 1 fully saturated rings. The number of hydrogen-bond donors (Lipinski definition) is 1. The largest absolute Gasteiger partial charge is 0.310 e. The minimum atomic E-state index is 0.775. The zero-order valence-electron chi connectivity index (χ0n) is 11.7. The Bertz CT molecular complexity index is 565. The summed E-state index contributed by atoms with van der Waals surface area (Å²) in [6.07, 6.45) is 2.70. The molecule has 0 bridgehead atoms. The van der Waals surface area contributed by atoms with E-state index in [2.05, 4.69) is 61.6 Å². The average Bonchev–Trinajstić information content (AvgIpc) is 3.22. The van der Waals surface area contributed by atoms with E-state index >= 15 is 0 Å². The minimum absolute atomic E-state index is 0.775. The highest BCUT2D eigenvalue weighted by atomic mass is 14.9. The highest BCUT2D eigenvalue weighted by Crippen LogP contribution is 2.25. The summed E-state index contributed by atoms with van der Waals surface area (Å²) < 4.78 is 0. The van der Waals surface area contributed by atoms with Gasteiger partial charge in [-0.2, -0.15) is 0 Å². The van der Waals surface area contributed by atoms with Gasteiger partial charge in [-0.15, -0.1) is 0 Å². The van der Waals surface area contributed by atoms with Crippen molar-refractivity contribution in [3.05, 3.63) is 59.2 Å². The first-order valence-corrected chi connectivity index (χ1v) is 7.12. The number of aryl methyl sites for hydroxylation is 2. The van der Waals surface area contributed by atoms with Crippen LogP contribution in [0.15, 0.2) is 42.5 Å². The molecular weight excluding hydrogens is 230 g/mol. The monoisotopic (exact) mass is 251 g/mol. The van der Waals surface area contributed by atoms with Crippen molar-refractivity contribution in [2.75, 3.05) is 0 Å². The molecule has 0 saturated heterocycles. The van der Waals surface area contributed by atoms with Crippen LogP contribution in [0.5, 0.6) is 0 Å². The molecule has 0 amide bonds. The van der Waals surface area contributed by atoms with Crippen molar-refractivity contribution in [3.63, 3.8) is 0 Å². The van der Waals surface area contributed by atoms with Crippen LogP contribution >= 0.6 is 0 Å². The van der Waals surface area contributed by atoms with Crippen LogP contribution in [0, 0.1) is 13.8 Å². The third-order valence-corrected chi connectivity index (χ3v) is 3.83. The summed E-state index contributed by atoms with van der Waals surface area (Å²) in [5.74, 6) is 0. The lowest BCUT2D eigenvalue weighted by molar-refractivity contribution is 0.687. The van der Waals surface area contributed by atoms with Gasteiger partial charge in [0.05, 0.1) is 0 Å².